The van der Waals surface area contributed by atoms with Crippen molar-refractivity contribution in [2.75, 3.05) is 5.73 Å². The standard InChI is InChI=1S/C16H14ClN3O3/c17-12-5-1-10(2-6-12)9-19-15(22)16(23)20-14(21)11-3-7-13(18)8-4-11/h1-8H,9,18H2,(H,19,22)(H,20,21,23). The van der Waals surface area contributed by atoms with Gasteiger partial charge in [-0.3, -0.25) is 19.7 Å². The van der Waals surface area contributed by atoms with Crippen molar-refractivity contribution in [1.82, 2.24) is 10.6 Å². The van der Waals surface area contributed by atoms with E-state index in [2.05, 4.69) is 5.32 Å². The highest BCUT2D eigenvalue weighted by Gasteiger charge is 2.17. The van der Waals surface area contributed by atoms with E-state index in [1.54, 1.807) is 24.3 Å². The number of benzene rings is 2. The van der Waals surface area contributed by atoms with Gasteiger partial charge in [-0.15, -0.1) is 0 Å². The molecule has 0 spiro atoms. The van der Waals surface area contributed by atoms with Gasteiger partial charge in [-0.1, -0.05) is 23.7 Å². The van der Waals surface area contributed by atoms with E-state index in [1.807, 2.05) is 5.32 Å². The molecule has 2 aromatic carbocycles. The summed E-state index contributed by atoms with van der Waals surface area (Å²) < 4.78 is 0. The molecule has 2 rings (SSSR count). The van der Waals surface area contributed by atoms with E-state index in [1.165, 1.54) is 24.3 Å². The molecule has 7 heteroatoms. The molecule has 0 bridgehead atoms. The smallest absolute Gasteiger partial charge is 0.316 e. The maximum Gasteiger partial charge on any atom is 0.316 e. The van der Waals surface area contributed by atoms with E-state index >= 15 is 0 Å². The van der Waals surface area contributed by atoms with Crippen LogP contribution in [0.4, 0.5) is 5.69 Å². The summed E-state index contributed by atoms with van der Waals surface area (Å²) in [6.45, 7) is 0.152. The summed E-state index contributed by atoms with van der Waals surface area (Å²) in [6.07, 6.45) is 0. The van der Waals surface area contributed by atoms with Crippen molar-refractivity contribution in [2.45, 2.75) is 6.54 Å². The second-order valence-corrected chi connectivity index (χ2v) is 5.15. The zero-order chi connectivity index (χ0) is 16.8. The molecule has 23 heavy (non-hydrogen) atoms. The highest BCUT2D eigenvalue weighted by Crippen LogP contribution is 2.09. The second kappa shape index (κ2) is 7.42. The van der Waals surface area contributed by atoms with Crippen molar-refractivity contribution in [3.63, 3.8) is 0 Å². The van der Waals surface area contributed by atoms with Crippen LogP contribution in [0.1, 0.15) is 15.9 Å². The summed E-state index contributed by atoms with van der Waals surface area (Å²) in [5, 5.41) is 5.00. The monoisotopic (exact) mass is 331 g/mol. The molecule has 0 aliphatic heterocycles. The van der Waals surface area contributed by atoms with Gasteiger partial charge in [0.15, 0.2) is 0 Å². The molecule has 0 aromatic heterocycles. The minimum atomic E-state index is -1.03. The van der Waals surface area contributed by atoms with E-state index < -0.39 is 17.7 Å². The van der Waals surface area contributed by atoms with Crippen LogP contribution in [-0.4, -0.2) is 17.7 Å². The van der Waals surface area contributed by atoms with Crippen LogP contribution in [0.5, 0.6) is 0 Å². The molecule has 0 fully saturated rings. The van der Waals surface area contributed by atoms with Crippen molar-refractivity contribution in [3.05, 3.63) is 64.7 Å². The van der Waals surface area contributed by atoms with Crippen LogP contribution in [0.2, 0.25) is 5.02 Å². The minimum Gasteiger partial charge on any atom is -0.399 e. The van der Waals surface area contributed by atoms with Crippen LogP contribution in [0.25, 0.3) is 0 Å². The average molecular weight is 332 g/mol. The van der Waals surface area contributed by atoms with Gasteiger partial charge in [0.25, 0.3) is 5.91 Å². The summed E-state index contributed by atoms with van der Waals surface area (Å²) in [6, 6.07) is 12.8. The van der Waals surface area contributed by atoms with E-state index in [-0.39, 0.29) is 12.1 Å². The number of anilines is 1. The lowest BCUT2D eigenvalue weighted by Crippen LogP contribution is -2.42. The maximum absolute atomic E-state index is 11.8. The molecule has 6 nitrogen and oxygen atoms in total. The largest absolute Gasteiger partial charge is 0.399 e. The number of imide groups is 1. The molecule has 0 heterocycles. The Morgan fingerprint density at radius 1 is 0.913 bits per heavy atom. The van der Waals surface area contributed by atoms with Gasteiger partial charge in [-0.2, -0.15) is 0 Å². The predicted molar refractivity (Wildman–Crippen MR) is 86.6 cm³/mol. The maximum atomic E-state index is 11.8. The third kappa shape index (κ3) is 4.82. The van der Waals surface area contributed by atoms with Gasteiger partial charge in [-0.25, -0.2) is 0 Å². The minimum absolute atomic E-state index is 0.152. The summed E-state index contributed by atoms with van der Waals surface area (Å²) >= 11 is 5.75. The number of carbonyl (C=O) groups excluding carboxylic acids is 3. The first-order valence-corrected chi connectivity index (χ1v) is 7.07. The Hall–Kier alpha value is -2.86. The molecular formula is C16H14ClN3O3. The number of rotatable bonds is 3. The molecule has 3 amide bonds. The van der Waals surface area contributed by atoms with Crippen LogP contribution < -0.4 is 16.4 Å². The lowest BCUT2D eigenvalue weighted by atomic mass is 10.2. The Labute approximate surface area is 137 Å². The van der Waals surface area contributed by atoms with Crippen molar-refractivity contribution in [1.29, 1.82) is 0 Å². The Bertz CT molecular complexity index is 727. The number of nitrogens with one attached hydrogen (secondary N) is 2. The normalized spacial score (nSPS) is 9.96. The number of hydrogen-bond acceptors (Lipinski definition) is 4. The molecule has 0 atom stereocenters. The van der Waals surface area contributed by atoms with E-state index in [9.17, 15) is 14.4 Å². The molecular weight excluding hydrogens is 318 g/mol. The zero-order valence-electron chi connectivity index (χ0n) is 12.0. The lowest BCUT2D eigenvalue weighted by molar-refractivity contribution is -0.138. The third-order valence-electron chi connectivity index (χ3n) is 2.97. The van der Waals surface area contributed by atoms with Gasteiger partial charge < -0.3 is 11.1 Å². The summed E-state index contributed by atoms with van der Waals surface area (Å²) in [4.78, 5) is 35.2. The number of nitrogens with two attached hydrogens (primary N) is 1. The van der Waals surface area contributed by atoms with Crippen molar-refractivity contribution < 1.29 is 14.4 Å². The fraction of sp³-hybridized carbons (Fsp3) is 0.0625. The van der Waals surface area contributed by atoms with Gasteiger partial charge in [-0.05, 0) is 42.0 Å². The van der Waals surface area contributed by atoms with Gasteiger partial charge in [0.2, 0.25) is 0 Å². The topological polar surface area (TPSA) is 101 Å². The quantitative estimate of drug-likeness (QED) is 0.586. The Kier molecular flexibility index (Phi) is 5.32. The van der Waals surface area contributed by atoms with Crippen molar-refractivity contribution in [3.8, 4) is 0 Å². The predicted octanol–water partition coefficient (Wildman–Crippen LogP) is 1.50. The Morgan fingerprint density at radius 2 is 1.52 bits per heavy atom. The zero-order valence-corrected chi connectivity index (χ0v) is 12.8. The molecule has 0 unspecified atom stereocenters. The van der Waals surface area contributed by atoms with Gasteiger partial charge >= 0.3 is 11.8 Å². The molecule has 118 valence electrons. The number of carbonyl (C=O) groups is 3. The van der Waals surface area contributed by atoms with Gasteiger partial charge in [0.05, 0.1) is 0 Å². The highest BCUT2D eigenvalue weighted by molar-refractivity contribution is 6.38. The molecule has 0 radical (unpaired) electrons. The number of halogens is 1. The fourth-order valence-corrected chi connectivity index (χ4v) is 1.86. The summed E-state index contributed by atoms with van der Waals surface area (Å²) in [5.74, 6) is -2.60. The fourth-order valence-electron chi connectivity index (χ4n) is 1.73. The Morgan fingerprint density at radius 3 is 2.13 bits per heavy atom. The highest BCUT2D eigenvalue weighted by atomic mass is 35.5. The van der Waals surface area contributed by atoms with Gasteiger partial charge in [0.1, 0.15) is 0 Å². The molecule has 0 aliphatic carbocycles. The first-order valence-electron chi connectivity index (χ1n) is 6.69. The van der Waals surface area contributed by atoms with Crippen molar-refractivity contribution >= 4 is 35.0 Å². The van der Waals surface area contributed by atoms with Crippen LogP contribution in [0.15, 0.2) is 48.5 Å². The number of nitrogen functional groups attached to an aromatic ring is 1. The first kappa shape index (κ1) is 16.5. The van der Waals surface area contributed by atoms with Crippen LogP contribution in [0.3, 0.4) is 0 Å². The number of hydrogen-bond donors (Lipinski definition) is 3. The second-order valence-electron chi connectivity index (χ2n) is 4.71. The summed E-state index contributed by atoms with van der Waals surface area (Å²) in [7, 11) is 0. The summed E-state index contributed by atoms with van der Waals surface area (Å²) in [5.41, 5.74) is 7.02. The van der Waals surface area contributed by atoms with Gasteiger partial charge in [0, 0.05) is 22.8 Å². The molecule has 2 aromatic rings. The molecule has 0 saturated carbocycles. The van der Waals surface area contributed by atoms with Crippen molar-refractivity contribution in [2.24, 2.45) is 0 Å². The van der Waals surface area contributed by atoms with E-state index in [4.69, 9.17) is 17.3 Å². The van der Waals surface area contributed by atoms with E-state index in [0.29, 0.717) is 10.7 Å². The van der Waals surface area contributed by atoms with Crippen LogP contribution in [-0.2, 0) is 16.1 Å². The first-order chi connectivity index (χ1) is 11.0. The lowest BCUT2D eigenvalue weighted by Gasteiger charge is -2.06. The SMILES string of the molecule is Nc1ccc(C(=O)NC(=O)C(=O)NCc2ccc(Cl)cc2)cc1. The molecule has 0 saturated heterocycles. The molecule has 4 N–H and O–H groups in total. The average Bonchev–Trinajstić information content (AvgIpc) is 2.54. The van der Waals surface area contributed by atoms with Crippen LogP contribution >= 0.6 is 11.6 Å². The number of amides is 3. The third-order valence-corrected chi connectivity index (χ3v) is 3.22. The van der Waals surface area contributed by atoms with Crippen LogP contribution in [0, 0.1) is 0 Å². The Balaban J connectivity index is 1.87. The van der Waals surface area contributed by atoms with E-state index in [0.717, 1.165) is 5.56 Å². The molecule has 0 aliphatic rings.